The maximum Gasteiger partial charge on any atom is 0.175 e. The number of pyridine rings is 1. The molecule has 4 heteroatoms. The molecule has 2 rings (SSSR count). The predicted octanol–water partition coefficient (Wildman–Crippen LogP) is 2.71. The first kappa shape index (κ1) is 13.4. The van der Waals surface area contributed by atoms with Crippen LogP contribution in [0.25, 0.3) is 0 Å². The lowest BCUT2D eigenvalue weighted by Crippen LogP contribution is -2.15. The Balaban J connectivity index is 2.41. The minimum atomic E-state index is 0.497. The summed E-state index contributed by atoms with van der Waals surface area (Å²) in [6.07, 6.45) is 1.76. The van der Waals surface area contributed by atoms with Crippen molar-refractivity contribution in [3.63, 3.8) is 0 Å². The van der Waals surface area contributed by atoms with Crippen molar-refractivity contribution >= 4 is 11.5 Å². The van der Waals surface area contributed by atoms with Crippen molar-refractivity contribution in [2.75, 3.05) is 18.6 Å². The maximum atomic E-state index is 5.78. The summed E-state index contributed by atoms with van der Waals surface area (Å²) in [5.41, 5.74) is 7.91. The fourth-order valence-electron chi connectivity index (χ4n) is 2.03. The lowest BCUT2D eigenvalue weighted by Gasteiger charge is -2.23. The molecule has 0 aliphatic rings. The van der Waals surface area contributed by atoms with Crippen molar-refractivity contribution in [3.05, 3.63) is 48.2 Å². The van der Waals surface area contributed by atoms with Gasteiger partial charge in [0.2, 0.25) is 0 Å². The van der Waals surface area contributed by atoms with E-state index in [2.05, 4.69) is 4.98 Å². The van der Waals surface area contributed by atoms with E-state index in [-0.39, 0.29) is 0 Å². The highest BCUT2D eigenvalue weighted by molar-refractivity contribution is 5.67. The van der Waals surface area contributed by atoms with E-state index in [0.717, 1.165) is 22.8 Å². The van der Waals surface area contributed by atoms with Gasteiger partial charge < -0.3 is 15.4 Å². The first-order valence-electron chi connectivity index (χ1n) is 6.37. The van der Waals surface area contributed by atoms with Crippen LogP contribution in [0.3, 0.4) is 0 Å². The van der Waals surface area contributed by atoms with Crippen molar-refractivity contribution in [3.8, 4) is 5.75 Å². The highest BCUT2D eigenvalue weighted by Crippen LogP contribution is 2.31. The van der Waals surface area contributed by atoms with Gasteiger partial charge in [0.15, 0.2) is 11.6 Å². The SMILES string of the molecule is CCOc1cccnc1N(C)c1ccccc1CN. The molecule has 0 saturated heterocycles. The van der Waals surface area contributed by atoms with Gasteiger partial charge in [0.25, 0.3) is 0 Å². The average molecular weight is 257 g/mol. The average Bonchev–Trinajstić information content (AvgIpc) is 2.47. The number of para-hydroxylation sites is 1. The largest absolute Gasteiger partial charge is 0.490 e. The zero-order valence-electron chi connectivity index (χ0n) is 11.3. The first-order chi connectivity index (χ1) is 9.27. The first-order valence-corrected chi connectivity index (χ1v) is 6.37. The highest BCUT2D eigenvalue weighted by Gasteiger charge is 2.13. The molecule has 0 fully saturated rings. The van der Waals surface area contributed by atoms with Crippen LogP contribution < -0.4 is 15.4 Å². The summed E-state index contributed by atoms with van der Waals surface area (Å²) in [5.74, 6) is 1.57. The van der Waals surface area contributed by atoms with E-state index in [1.54, 1.807) is 6.20 Å². The van der Waals surface area contributed by atoms with Gasteiger partial charge in [0.1, 0.15) is 0 Å². The van der Waals surface area contributed by atoms with Crippen LogP contribution in [0.5, 0.6) is 5.75 Å². The minimum Gasteiger partial charge on any atom is -0.490 e. The molecule has 0 saturated carbocycles. The number of rotatable bonds is 5. The van der Waals surface area contributed by atoms with Gasteiger partial charge in [-0.1, -0.05) is 18.2 Å². The zero-order chi connectivity index (χ0) is 13.7. The lowest BCUT2D eigenvalue weighted by molar-refractivity contribution is 0.340. The Morgan fingerprint density at radius 1 is 1.21 bits per heavy atom. The van der Waals surface area contributed by atoms with E-state index in [0.29, 0.717) is 13.2 Å². The van der Waals surface area contributed by atoms with Gasteiger partial charge in [0, 0.05) is 25.5 Å². The van der Waals surface area contributed by atoms with Crippen molar-refractivity contribution in [2.24, 2.45) is 5.73 Å². The Morgan fingerprint density at radius 3 is 2.74 bits per heavy atom. The Hall–Kier alpha value is -2.07. The van der Waals surface area contributed by atoms with Crippen LogP contribution in [0.15, 0.2) is 42.6 Å². The van der Waals surface area contributed by atoms with E-state index in [1.165, 1.54) is 0 Å². The van der Waals surface area contributed by atoms with Crippen molar-refractivity contribution < 1.29 is 4.74 Å². The second-order valence-electron chi connectivity index (χ2n) is 4.15. The van der Waals surface area contributed by atoms with Gasteiger partial charge in [-0.05, 0) is 30.7 Å². The van der Waals surface area contributed by atoms with Gasteiger partial charge in [-0.3, -0.25) is 0 Å². The van der Waals surface area contributed by atoms with Crippen LogP contribution in [-0.4, -0.2) is 18.6 Å². The smallest absolute Gasteiger partial charge is 0.175 e. The molecule has 0 amide bonds. The fourth-order valence-corrected chi connectivity index (χ4v) is 2.03. The molecule has 0 unspecified atom stereocenters. The molecule has 0 aliphatic carbocycles. The van der Waals surface area contributed by atoms with E-state index < -0.39 is 0 Å². The quantitative estimate of drug-likeness (QED) is 0.894. The number of hydrogen-bond acceptors (Lipinski definition) is 4. The molecule has 0 spiro atoms. The Kier molecular flexibility index (Phi) is 4.36. The number of nitrogens with two attached hydrogens (primary N) is 1. The molecule has 0 bridgehead atoms. The number of aromatic nitrogens is 1. The minimum absolute atomic E-state index is 0.497. The molecule has 2 aromatic rings. The monoisotopic (exact) mass is 257 g/mol. The summed E-state index contributed by atoms with van der Waals surface area (Å²) in [6.45, 7) is 3.08. The van der Waals surface area contributed by atoms with Gasteiger partial charge in [-0.2, -0.15) is 0 Å². The summed E-state index contributed by atoms with van der Waals surface area (Å²) >= 11 is 0. The van der Waals surface area contributed by atoms with Crippen molar-refractivity contribution in [1.82, 2.24) is 4.98 Å². The fraction of sp³-hybridized carbons (Fsp3) is 0.267. The molecule has 1 heterocycles. The lowest BCUT2D eigenvalue weighted by atomic mass is 10.1. The number of nitrogens with zero attached hydrogens (tertiary/aromatic N) is 2. The van der Waals surface area contributed by atoms with Crippen LogP contribution in [0.1, 0.15) is 12.5 Å². The van der Waals surface area contributed by atoms with E-state index in [1.807, 2.05) is 55.3 Å². The third-order valence-electron chi connectivity index (χ3n) is 2.94. The highest BCUT2D eigenvalue weighted by atomic mass is 16.5. The molecule has 2 N–H and O–H groups in total. The van der Waals surface area contributed by atoms with Crippen LogP contribution in [0.4, 0.5) is 11.5 Å². The topological polar surface area (TPSA) is 51.4 Å². The van der Waals surface area contributed by atoms with E-state index >= 15 is 0 Å². The molecular weight excluding hydrogens is 238 g/mol. The Bertz CT molecular complexity index is 542. The number of ether oxygens (including phenoxy) is 1. The molecule has 1 aromatic heterocycles. The molecule has 0 radical (unpaired) electrons. The Morgan fingerprint density at radius 2 is 2.00 bits per heavy atom. The number of anilines is 2. The van der Waals surface area contributed by atoms with E-state index in [4.69, 9.17) is 10.5 Å². The molecule has 0 aliphatic heterocycles. The van der Waals surface area contributed by atoms with Crippen LogP contribution in [0.2, 0.25) is 0 Å². The summed E-state index contributed by atoms with van der Waals surface area (Å²) in [6, 6.07) is 11.8. The normalized spacial score (nSPS) is 10.3. The van der Waals surface area contributed by atoms with Gasteiger partial charge >= 0.3 is 0 Å². The second-order valence-corrected chi connectivity index (χ2v) is 4.15. The second kappa shape index (κ2) is 6.20. The van der Waals surface area contributed by atoms with Gasteiger partial charge in [0.05, 0.1) is 6.61 Å². The number of benzene rings is 1. The van der Waals surface area contributed by atoms with Crippen LogP contribution >= 0.6 is 0 Å². The number of hydrogen-bond donors (Lipinski definition) is 1. The van der Waals surface area contributed by atoms with Gasteiger partial charge in [-0.25, -0.2) is 4.98 Å². The third-order valence-corrected chi connectivity index (χ3v) is 2.94. The summed E-state index contributed by atoms with van der Waals surface area (Å²) in [7, 11) is 1.97. The molecule has 19 heavy (non-hydrogen) atoms. The van der Waals surface area contributed by atoms with Gasteiger partial charge in [-0.15, -0.1) is 0 Å². The Labute approximate surface area is 113 Å². The van der Waals surface area contributed by atoms with Crippen molar-refractivity contribution in [1.29, 1.82) is 0 Å². The molecule has 0 atom stereocenters. The molecular formula is C15H19N3O. The third kappa shape index (κ3) is 2.85. The van der Waals surface area contributed by atoms with Crippen LogP contribution in [0, 0.1) is 0 Å². The summed E-state index contributed by atoms with van der Waals surface area (Å²) < 4.78 is 5.62. The molecule has 100 valence electrons. The van der Waals surface area contributed by atoms with E-state index in [9.17, 15) is 0 Å². The molecule has 1 aromatic carbocycles. The predicted molar refractivity (Wildman–Crippen MR) is 77.8 cm³/mol. The van der Waals surface area contributed by atoms with Crippen LogP contribution in [-0.2, 0) is 6.54 Å². The summed E-state index contributed by atoms with van der Waals surface area (Å²) in [4.78, 5) is 6.42. The molecule has 4 nitrogen and oxygen atoms in total. The standard InChI is InChI=1S/C15H19N3O/c1-3-19-14-9-6-10-17-15(14)18(2)13-8-5-4-7-12(13)11-16/h4-10H,3,11,16H2,1-2H3. The zero-order valence-corrected chi connectivity index (χ0v) is 11.3. The summed E-state index contributed by atoms with van der Waals surface area (Å²) in [5, 5.41) is 0. The van der Waals surface area contributed by atoms with Crippen molar-refractivity contribution in [2.45, 2.75) is 13.5 Å². The maximum absolute atomic E-state index is 5.78.